The molecule has 3 fully saturated rings. The van der Waals surface area contributed by atoms with Gasteiger partial charge in [-0.1, -0.05) is 0 Å². The largest absolute Gasteiger partial charge is 0.351 e. The minimum atomic E-state index is -0.451. The van der Waals surface area contributed by atoms with Crippen molar-refractivity contribution in [2.45, 2.75) is 32.7 Å². The molecule has 0 aromatic carbocycles. The summed E-state index contributed by atoms with van der Waals surface area (Å²) in [5.74, 6) is 1.15. The van der Waals surface area contributed by atoms with Crippen LogP contribution in [0.5, 0.6) is 0 Å². The molecule has 3 aliphatic heterocycles. The van der Waals surface area contributed by atoms with E-state index in [9.17, 15) is 4.79 Å². The number of alkyl halides is 1. The highest BCUT2D eigenvalue weighted by Crippen LogP contribution is 2.28. The fraction of sp³-hybridized carbons (Fsp3) is 0.917. The Hall–Kier alpha value is -0.280. The van der Waals surface area contributed by atoms with Crippen LogP contribution in [0.3, 0.4) is 0 Å². The number of piperidine rings is 3. The fourth-order valence-corrected chi connectivity index (χ4v) is 2.67. The molecule has 1 unspecified atom stereocenters. The van der Waals surface area contributed by atoms with Gasteiger partial charge in [0.25, 0.3) is 0 Å². The van der Waals surface area contributed by atoms with Gasteiger partial charge in [0.05, 0.1) is 5.41 Å². The summed E-state index contributed by atoms with van der Waals surface area (Å²) in [6.45, 7) is 7.23. The Bertz CT molecular complexity index is 272. The van der Waals surface area contributed by atoms with Crippen LogP contribution in [0.2, 0.25) is 0 Å². The van der Waals surface area contributed by atoms with E-state index in [4.69, 9.17) is 11.6 Å². The van der Waals surface area contributed by atoms with Crippen molar-refractivity contribution >= 4 is 17.5 Å². The molecule has 3 aliphatic rings. The van der Waals surface area contributed by atoms with Crippen LogP contribution in [-0.2, 0) is 4.79 Å². The minimum absolute atomic E-state index is 0.0984. The number of nitrogens with one attached hydrogen (secondary N) is 1. The highest BCUT2D eigenvalue weighted by Gasteiger charge is 2.37. The normalized spacial score (nSPS) is 33.8. The van der Waals surface area contributed by atoms with Crippen LogP contribution in [0, 0.1) is 11.3 Å². The molecule has 4 heteroatoms. The summed E-state index contributed by atoms with van der Waals surface area (Å²) in [5, 5.41) is 3.18. The standard InChI is InChI=1S/C12H21ClN2O/c1-12(2,8-13)11(16)14-10-7-15-5-3-9(10)4-6-15/h9-10H,3-8H2,1-2H3,(H,14,16). The molecule has 1 atom stereocenters. The first-order valence-corrected chi connectivity index (χ1v) is 6.65. The van der Waals surface area contributed by atoms with Gasteiger partial charge in [-0.2, -0.15) is 0 Å². The van der Waals surface area contributed by atoms with Crippen LogP contribution in [0.1, 0.15) is 26.7 Å². The molecule has 0 aromatic heterocycles. The van der Waals surface area contributed by atoms with E-state index in [0.29, 0.717) is 17.8 Å². The van der Waals surface area contributed by atoms with Gasteiger partial charge in [0, 0.05) is 18.5 Å². The molecule has 0 aliphatic carbocycles. The Kier molecular flexibility index (Phi) is 3.45. The van der Waals surface area contributed by atoms with Crippen molar-refractivity contribution in [3.63, 3.8) is 0 Å². The quantitative estimate of drug-likeness (QED) is 0.763. The third-order valence-corrected chi connectivity index (χ3v) is 4.59. The lowest BCUT2D eigenvalue weighted by Gasteiger charge is -2.45. The molecular weight excluding hydrogens is 224 g/mol. The van der Waals surface area contributed by atoms with Gasteiger partial charge in [0.2, 0.25) is 5.91 Å². The first kappa shape index (κ1) is 12.2. The maximum absolute atomic E-state index is 12.0. The van der Waals surface area contributed by atoms with Gasteiger partial charge in [0.1, 0.15) is 0 Å². The Morgan fingerprint density at radius 2 is 2.06 bits per heavy atom. The molecule has 0 aromatic rings. The van der Waals surface area contributed by atoms with E-state index in [-0.39, 0.29) is 5.91 Å². The summed E-state index contributed by atoms with van der Waals surface area (Å²) in [7, 11) is 0. The third kappa shape index (κ3) is 2.35. The fourth-order valence-electron chi connectivity index (χ4n) is 2.55. The molecule has 1 N–H and O–H groups in total. The van der Waals surface area contributed by atoms with Crippen molar-refractivity contribution in [3.8, 4) is 0 Å². The van der Waals surface area contributed by atoms with Gasteiger partial charge < -0.3 is 10.2 Å². The van der Waals surface area contributed by atoms with Gasteiger partial charge in [-0.3, -0.25) is 4.79 Å². The predicted octanol–water partition coefficient (Wildman–Crippen LogP) is 1.46. The highest BCUT2D eigenvalue weighted by atomic mass is 35.5. The smallest absolute Gasteiger partial charge is 0.227 e. The van der Waals surface area contributed by atoms with E-state index in [0.717, 1.165) is 6.54 Å². The summed E-state index contributed by atoms with van der Waals surface area (Å²) in [4.78, 5) is 14.5. The monoisotopic (exact) mass is 244 g/mol. The number of carbonyl (C=O) groups is 1. The first-order chi connectivity index (χ1) is 7.53. The van der Waals surface area contributed by atoms with Gasteiger partial charge in [-0.25, -0.2) is 0 Å². The van der Waals surface area contributed by atoms with Gasteiger partial charge in [0.15, 0.2) is 0 Å². The molecule has 3 heterocycles. The average molecular weight is 245 g/mol. The zero-order valence-electron chi connectivity index (χ0n) is 10.1. The van der Waals surface area contributed by atoms with Crippen LogP contribution >= 0.6 is 11.6 Å². The number of fused-ring (bicyclic) bond motifs is 3. The van der Waals surface area contributed by atoms with Crippen LogP contribution in [-0.4, -0.2) is 42.4 Å². The van der Waals surface area contributed by atoms with Crippen molar-refractivity contribution in [1.82, 2.24) is 10.2 Å². The first-order valence-electron chi connectivity index (χ1n) is 6.12. The number of hydrogen-bond donors (Lipinski definition) is 1. The molecule has 0 saturated carbocycles. The molecule has 1 amide bonds. The van der Waals surface area contributed by atoms with E-state index in [2.05, 4.69) is 10.2 Å². The van der Waals surface area contributed by atoms with Gasteiger partial charge in [-0.05, 0) is 45.7 Å². The summed E-state index contributed by atoms with van der Waals surface area (Å²) < 4.78 is 0. The highest BCUT2D eigenvalue weighted by molar-refractivity contribution is 6.19. The Balaban J connectivity index is 1.93. The van der Waals surface area contributed by atoms with Crippen molar-refractivity contribution in [1.29, 1.82) is 0 Å². The number of hydrogen-bond acceptors (Lipinski definition) is 2. The van der Waals surface area contributed by atoms with Crippen LogP contribution in [0.4, 0.5) is 0 Å². The maximum Gasteiger partial charge on any atom is 0.227 e. The molecule has 2 bridgehead atoms. The number of nitrogens with zero attached hydrogens (tertiary/aromatic N) is 1. The zero-order valence-corrected chi connectivity index (χ0v) is 10.9. The molecule has 0 radical (unpaired) electrons. The zero-order chi connectivity index (χ0) is 11.8. The summed E-state index contributed by atoms with van der Waals surface area (Å²) in [6.07, 6.45) is 2.46. The maximum atomic E-state index is 12.0. The van der Waals surface area contributed by atoms with Crippen molar-refractivity contribution in [2.24, 2.45) is 11.3 Å². The molecule has 0 spiro atoms. The lowest BCUT2D eigenvalue weighted by molar-refractivity contribution is -0.130. The van der Waals surface area contributed by atoms with E-state index in [1.165, 1.54) is 25.9 Å². The number of rotatable bonds is 3. The lowest BCUT2D eigenvalue weighted by atomic mass is 9.83. The van der Waals surface area contributed by atoms with E-state index >= 15 is 0 Å². The topological polar surface area (TPSA) is 32.3 Å². The van der Waals surface area contributed by atoms with Gasteiger partial charge in [-0.15, -0.1) is 11.6 Å². The molecule has 3 saturated heterocycles. The SMILES string of the molecule is CC(C)(CCl)C(=O)NC1CN2CCC1CC2. The summed E-state index contributed by atoms with van der Waals surface area (Å²) >= 11 is 5.81. The Labute approximate surface area is 103 Å². The van der Waals surface area contributed by atoms with Gasteiger partial charge >= 0.3 is 0 Å². The van der Waals surface area contributed by atoms with Crippen LogP contribution < -0.4 is 5.32 Å². The van der Waals surface area contributed by atoms with Crippen molar-refractivity contribution in [2.75, 3.05) is 25.5 Å². The van der Waals surface area contributed by atoms with E-state index < -0.39 is 5.41 Å². The molecule has 3 rings (SSSR count). The molecule has 92 valence electrons. The van der Waals surface area contributed by atoms with E-state index in [1.807, 2.05) is 13.8 Å². The summed E-state index contributed by atoms with van der Waals surface area (Å²) in [5.41, 5.74) is -0.451. The molecule has 3 nitrogen and oxygen atoms in total. The van der Waals surface area contributed by atoms with E-state index in [1.54, 1.807) is 0 Å². The molecule has 16 heavy (non-hydrogen) atoms. The Morgan fingerprint density at radius 1 is 1.44 bits per heavy atom. The van der Waals surface area contributed by atoms with Crippen LogP contribution in [0.25, 0.3) is 0 Å². The second kappa shape index (κ2) is 4.53. The van der Waals surface area contributed by atoms with Crippen LogP contribution in [0.15, 0.2) is 0 Å². The van der Waals surface area contributed by atoms with Crippen molar-refractivity contribution < 1.29 is 4.79 Å². The second-order valence-corrected chi connectivity index (χ2v) is 6.00. The van der Waals surface area contributed by atoms with Crippen molar-refractivity contribution in [3.05, 3.63) is 0 Å². The number of amides is 1. The summed E-state index contributed by atoms with van der Waals surface area (Å²) in [6, 6.07) is 0.345. The average Bonchev–Trinajstić information content (AvgIpc) is 2.30. The predicted molar refractivity (Wildman–Crippen MR) is 65.6 cm³/mol. The number of carbonyl (C=O) groups excluding carboxylic acids is 1. The Morgan fingerprint density at radius 3 is 2.50 bits per heavy atom. The molecular formula is C12H21ClN2O. The second-order valence-electron chi connectivity index (χ2n) is 5.74. The lowest BCUT2D eigenvalue weighted by Crippen LogP contribution is -2.59. The third-order valence-electron chi connectivity index (χ3n) is 3.92. The minimum Gasteiger partial charge on any atom is -0.351 e. The number of halogens is 1.